The minimum absolute atomic E-state index is 0.0121. The van der Waals surface area contributed by atoms with E-state index in [1.54, 1.807) is 0 Å². The van der Waals surface area contributed by atoms with Crippen molar-refractivity contribution in [2.75, 3.05) is 13.2 Å². The number of ether oxygens (including phenoxy) is 6. The fourth-order valence-corrected chi connectivity index (χ4v) is 15.4. The lowest BCUT2D eigenvalue weighted by Crippen LogP contribution is -2.68. The Bertz CT molecular complexity index is 1870. The van der Waals surface area contributed by atoms with Crippen molar-refractivity contribution in [2.24, 2.45) is 56.7 Å². The molecule has 0 aromatic heterocycles. The van der Waals surface area contributed by atoms with Crippen LogP contribution in [0.5, 0.6) is 0 Å². The third-order valence-corrected chi connectivity index (χ3v) is 19.9. The van der Waals surface area contributed by atoms with Crippen molar-refractivity contribution in [3.8, 4) is 0 Å². The highest BCUT2D eigenvalue weighted by atomic mass is 16.8. The average Bonchev–Trinajstić information content (AvgIpc) is 3.29. The Kier molecular flexibility index (Phi) is 14.6. The molecule has 3 heterocycles. The Balaban J connectivity index is 0.987. The number of esters is 1. The highest BCUT2D eigenvalue weighted by Crippen LogP contribution is 2.76. The average molecular weight is 971 g/mol. The molecular formula is C49H78O19. The molecule has 388 valence electrons. The molecule has 27 unspecified atom stereocenters. The number of aliphatic hydroxyl groups is 11. The molecule has 19 nitrogen and oxygen atoms in total. The molecule has 5 aliphatic carbocycles. The van der Waals surface area contributed by atoms with E-state index in [1.165, 1.54) is 12.5 Å². The first-order valence-electron chi connectivity index (χ1n) is 24.9. The molecule has 4 saturated carbocycles. The molecule has 0 bridgehead atoms. The van der Waals surface area contributed by atoms with Crippen molar-refractivity contribution < 1.29 is 94.2 Å². The molecular weight excluding hydrogens is 893 g/mol. The maximum absolute atomic E-state index is 15.0. The first kappa shape index (κ1) is 52.6. The number of hydrogen-bond donors (Lipinski definition) is 11. The van der Waals surface area contributed by atoms with Gasteiger partial charge in [-0.2, -0.15) is 0 Å². The van der Waals surface area contributed by atoms with E-state index >= 15 is 4.79 Å². The third-order valence-electron chi connectivity index (χ3n) is 19.9. The van der Waals surface area contributed by atoms with E-state index in [0.717, 1.165) is 25.5 Å². The van der Waals surface area contributed by atoms with Crippen molar-refractivity contribution >= 4 is 12.3 Å². The highest BCUT2D eigenvalue weighted by Gasteiger charge is 2.71. The lowest BCUT2D eigenvalue weighted by Gasteiger charge is -2.71. The summed E-state index contributed by atoms with van der Waals surface area (Å²) >= 11 is 0. The topological polar surface area (TPSA) is 312 Å². The summed E-state index contributed by atoms with van der Waals surface area (Å²) in [7, 11) is 0. The molecule has 68 heavy (non-hydrogen) atoms. The van der Waals surface area contributed by atoms with Crippen LogP contribution in [0.15, 0.2) is 11.6 Å². The zero-order chi connectivity index (χ0) is 49.8. The second kappa shape index (κ2) is 18.9. The lowest BCUT2D eigenvalue weighted by molar-refractivity contribution is -0.361. The standard InChI is InChI=1S/C49H78O19/c1-21-10-13-49(15-14-47(6)24(30(49)22(21)2)8-9-29-46(5)18-25(52)40(61)45(4,16-17-50)28(46)11-12-48(29,47)7)44(62)68-43-37(59)34(56)32(54)27(66-43)20-63-41-38(60)35(57)39(26(19-51)65-41)67-42-36(58)33(55)31(53)23(3)64-42/h8,17,21-23,25-43,51-61H,9-16,18-20H2,1-7H3. The first-order chi connectivity index (χ1) is 31.9. The van der Waals surface area contributed by atoms with Crippen LogP contribution in [0.4, 0.5) is 0 Å². The summed E-state index contributed by atoms with van der Waals surface area (Å²) in [6, 6.07) is 0. The van der Waals surface area contributed by atoms with E-state index in [0.29, 0.717) is 32.1 Å². The van der Waals surface area contributed by atoms with Gasteiger partial charge in [0.2, 0.25) is 6.29 Å². The van der Waals surface area contributed by atoms with Gasteiger partial charge in [-0.25, -0.2) is 0 Å². The number of hydrogen-bond acceptors (Lipinski definition) is 19. The number of fused-ring (bicyclic) bond motifs is 7. The minimum Gasteiger partial charge on any atom is -0.432 e. The van der Waals surface area contributed by atoms with Crippen LogP contribution in [-0.2, 0) is 38.0 Å². The summed E-state index contributed by atoms with van der Waals surface area (Å²) in [6.45, 7) is 13.3. The molecule has 7 fully saturated rings. The predicted molar refractivity (Wildman–Crippen MR) is 235 cm³/mol. The van der Waals surface area contributed by atoms with Gasteiger partial charge in [-0.05, 0) is 104 Å². The van der Waals surface area contributed by atoms with Crippen LogP contribution in [0.1, 0.15) is 106 Å². The van der Waals surface area contributed by atoms with Gasteiger partial charge in [0.15, 0.2) is 12.6 Å². The maximum atomic E-state index is 15.0. The molecule has 0 aromatic carbocycles. The monoisotopic (exact) mass is 971 g/mol. The van der Waals surface area contributed by atoms with Crippen molar-refractivity contribution in [2.45, 2.75) is 211 Å². The van der Waals surface area contributed by atoms with E-state index in [2.05, 4.69) is 40.7 Å². The summed E-state index contributed by atoms with van der Waals surface area (Å²) in [5.41, 5.74) is -1.58. The molecule has 27 atom stereocenters. The number of aldehydes is 1. The Morgan fingerprint density at radius 3 is 2.06 bits per heavy atom. The molecule has 8 rings (SSSR count). The van der Waals surface area contributed by atoms with Crippen LogP contribution in [0.3, 0.4) is 0 Å². The number of allylic oxidation sites excluding steroid dienone is 2. The van der Waals surface area contributed by atoms with Crippen molar-refractivity contribution in [1.29, 1.82) is 0 Å². The third kappa shape index (κ3) is 8.00. The Morgan fingerprint density at radius 2 is 1.38 bits per heavy atom. The van der Waals surface area contributed by atoms with Gasteiger partial charge in [-0.15, -0.1) is 0 Å². The summed E-state index contributed by atoms with van der Waals surface area (Å²) in [5, 5.41) is 119. The Labute approximate surface area is 397 Å². The van der Waals surface area contributed by atoms with Gasteiger partial charge in [0.05, 0.1) is 36.9 Å². The van der Waals surface area contributed by atoms with Gasteiger partial charge in [-0.1, -0.05) is 53.2 Å². The molecule has 0 amide bonds. The highest BCUT2D eigenvalue weighted by molar-refractivity contribution is 5.79. The second-order valence-corrected chi connectivity index (χ2v) is 23.1. The molecule has 11 N–H and O–H groups in total. The number of aliphatic hydroxyl groups excluding tert-OH is 11. The molecule has 0 aromatic rings. The summed E-state index contributed by atoms with van der Waals surface area (Å²) < 4.78 is 34.7. The molecule has 0 spiro atoms. The van der Waals surface area contributed by atoms with Crippen molar-refractivity contribution in [3.05, 3.63) is 11.6 Å². The summed E-state index contributed by atoms with van der Waals surface area (Å²) in [4.78, 5) is 27.1. The summed E-state index contributed by atoms with van der Waals surface area (Å²) in [5.74, 6) is -0.390. The van der Waals surface area contributed by atoms with Gasteiger partial charge >= 0.3 is 5.97 Å². The van der Waals surface area contributed by atoms with Crippen LogP contribution in [-0.4, -0.2) is 186 Å². The van der Waals surface area contributed by atoms with E-state index in [1.807, 2.05) is 6.92 Å². The summed E-state index contributed by atoms with van der Waals surface area (Å²) in [6.07, 6.45) is -17.9. The van der Waals surface area contributed by atoms with Gasteiger partial charge in [0.1, 0.15) is 73.4 Å². The van der Waals surface area contributed by atoms with Crippen LogP contribution in [0, 0.1) is 56.7 Å². The predicted octanol–water partition coefficient (Wildman–Crippen LogP) is -0.436. The maximum Gasteiger partial charge on any atom is 0.315 e. The van der Waals surface area contributed by atoms with Crippen LogP contribution >= 0.6 is 0 Å². The largest absolute Gasteiger partial charge is 0.432 e. The normalized spacial score (nSPS) is 55.9. The quantitative estimate of drug-likeness (QED) is 0.0752. The molecule has 0 radical (unpaired) electrons. The molecule has 3 saturated heterocycles. The fraction of sp³-hybridized carbons (Fsp3) is 0.918. The Hall–Kier alpha value is -1.76. The first-order valence-corrected chi connectivity index (χ1v) is 24.9. The van der Waals surface area contributed by atoms with Gasteiger partial charge < -0.3 is 89.4 Å². The van der Waals surface area contributed by atoms with Gasteiger partial charge in [-0.3, -0.25) is 4.79 Å². The van der Waals surface area contributed by atoms with Crippen LogP contribution < -0.4 is 0 Å². The van der Waals surface area contributed by atoms with Gasteiger partial charge in [0.25, 0.3) is 0 Å². The molecule has 8 aliphatic rings. The van der Waals surface area contributed by atoms with E-state index in [9.17, 15) is 61.0 Å². The van der Waals surface area contributed by atoms with Crippen LogP contribution in [0.25, 0.3) is 0 Å². The minimum atomic E-state index is -1.87. The number of rotatable bonds is 10. The fourth-order valence-electron chi connectivity index (χ4n) is 15.4. The smallest absolute Gasteiger partial charge is 0.315 e. The molecule has 3 aliphatic heterocycles. The zero-order valence-electron chi connectivity index (χ0n) is 40.3. The van der Waals surface area contributed by atoms with Crippen molar-refractivity contribution in [3.63, 3.8) is 0 Å². The van der Waals surface area contributed by atoms with E-state index in [4.69, 9.17) is 28.4 Å². The SMILES string of the molecule is CC1CCC2(C(=O)OC3OC(COC4OC(CO)C(OC5OC(C)C(O)C(O)C5O)C(O)C4O)C(O)C(O)C3O)CCC3(C)C(=CCC4C5(C)CC(O)C(O)C(C)(CC=O)C5CCC43C)C2C1C. The van der Waals surface area contributed by atoms with Crippen molar-refractivity contribution in [1.82, 2.24) is 0 Å². The van der Waals surface area contributed by atoms with E-state index < -0.39 is 134 Å². The lowest BCUT2D eigenvalue weighted by atomic mass is 9.33. The zero-order valence-corrected chi connectivity index (χ0v) is 40.3. The number of carbonyl (C=O) groups is 2. The van der Waals surface area contributed by atoms with E-state index in [-0.39, 0.29) is 52.3 Å². The Morgan fingerprint density at radius 1 is 0.735 bits per heavy atom. The molecule has 19 heteroatoms. The second-order valence-electron chi connectivity index (χ2n) is 23.1. The number of carbonyl (C=O) groups excluding carboxylic acids is 2. The van der Waals surface area contributed by atoms with Crippen LogP contribution in [0.2, 0.25) is 0 Å². The van der Waals surface area contributed by atoms with Gasteiger partial charge in [0, 0.05) is 11.8 Å².